The average molecular weight is 240 g/mol. The molecule has 0 aromatic heterocycles. The molecule has 0 spiro atoms. The number of halogens is 2. The number of carbonyl (C=O) groups excluding carboxylic acids is 1. The normalized spacial score (nSPS) is 23.4. The van der Waals surface area contributed by atoms with E-state index in [4.69, 9.17) is 0 Å². The molecule has 1 aromatic rings. The predicted molar refractivity (Wildman–Crippen MR) is 61.9 cm³/mol. The number of carbonyl (C=O) groups is 1. The molecule has 1 aliphatic heterocycles. The van der Waals surface area contributed by atoms with E-state index >= 15 is 0 Å². The Hall–Kier alpha value is -1.65. The molecule has 92 valence electrons. The number of hydrogen-bond acceptors (Lipinski definition) is 2. The highest BCUT2D eigenvalue weighted by atomic mass is 19.1. The monoisotopic (exact) mass is 240 g/mol. The molecular formula is C12H14F2N2O. The minimum absolute atomic E-state index is 0.0218. The van der Waals surface area contributed by atoms with Crippen molar-refractivity contribution in [3.8, 4) is 0 Å². The van der Waals surface area contributed by atoms with Crippen LogP contribution in [0.5, 0.6) is 0 Å². The van der Waals surface area contributed by atoms with Crippen molar-refractivity contribution >= 4 is 17.3 Å². The van der Waals surface area contributed by atoms with Gasteiger partial charge in [-0.1, -0.05) is 6.92 Å². The van der Waals surface area contributed by atoms with Crippen LogP contribution in [0.2, 0.25) is 0 Å². The third-order valence-corrected chi connectivity index (χ3v) is 3.29. The molecule has 17 heavy (non-hydrogen) atoms. The van der Waals surface area contributed by atoms with E-state index in [1.807, 2.05) is 6.92 Å². The number of nitrogens with one attached hydrogen (secondary N) is 2. The summed E-state index contributed by atoms with van der Waals surface area (Å²) in [6, 6.07) is 1.94. The van der Waals surface area contributed by atoms with Crippen LogP contribution in [0.3, 0.4) is 0 Å². The molecule has 0 aliphatic carbocycles. The van der Waals surface area contributed by atoms with Crippen molar-refractivity contribution in [2.45, 2.75) is 20.3 Å². The van der Waals surface area contributed by atoms with Crippen molar-refractivity contribution in [3.05, 3.63) is 23.8 Å². The van der Waals surface area contributed by atoms with Crippen molar-refractivity contribution in [3.63, 3.8) is 0 Å². The molecule has 0 fully saturated rings. The fourth-order valence-corrected chi connectivity index (χ4v) is 1.76. The summed E-state index contributed by atoms with van der Waals surface area (Å²) in [4.78, 5) is 12.0. The summed E-state index contributed by atoms with van der Waals surface area (Å²) >= 11 is 0. The molecule has 1 amide bonds. The lowest BCUT2D eigenvalue weighted by Crippen LogP contribution is -2.36. The van der Waals surface area contributed by atoms with E-state index in [0.717, 1.165) is 6.07 Å². The zero-order valence-corrected chi connectivity index (χ0v) is 9.73. The van der Waals surface area contributed by atoms with Crippen LogP contribution in [0.25, 0.3) is 0 Å². The molecule has 0 saturated carbocycles. The van der Waals surface area contributed by atoms with Gasteiger partial charge in [-0.25, -0.2) is 8.78 Å². The molecule has 1 aromatic carbocycles. The second kappa shape index (κ2) is 3.98. The number of hydrogen-bond donors (Lipinski definition) is 2. The lowest BCUT2D eigenvalue weighted by atomic mass is 9.86. The standard InChI is InChI=1S/C12H14F2N2O/c1-3-12(2)6-15-9-5-7(13)4-8(14)10(9)16-11(12)17/h4-5,15H,3,6H2,1-2H3,(H,16,17). The minimum atomic E-state index is -0.763. The number of anilines is 2. The minimum Gasteiger partial charge on any atom is -0.382 e. The van der Waals surface area contributed by atoms with Crippen LogP contribution >= 0.6 is 0 Å². The van der Waals surface area contributed by atoms with Crippen molar-refractivity contribution in [1.82, 2.24) is 0 Å². The van der Waals surface area contributed by atoms with E-state index < -0.39 is 17.0 Å². The summed E-state index contributed by atoms with van der Waals surface area (Å²) in [6.07, 6.45) is 0.615. The fraction of sp³-hybridized carbons (Fsp3) is 0.417. The quantitative estimate of drug-likeness (QED) is 0.792. The van der Waals surface area contributed by atoms with Gasteiger partial charge in [-0.2, -0.15) is 0 Å². The molecule has 2 rings (SSSR count). The van der Waals surface area contributed by atoms with Gasteiger partial charge in [0.05, 0.1) is 11.1 Å². The first-order chi connectivity index (χ1) is 7.96. The van der Waals surface area contributed by atoms with E-state index in [2.05, 4.69) is 10.6 Å². The van der Waals surface area contributed by atoms with Gasteiger partial charge in [-0.15, -0.1) is 0 Å². The summed E-state index contributed by atoms with van der Waals surface area (Å²) < 4.78 is 26.6. The molecular weight excluding hydrogens is 226 g/mol. The van der Waals surface area contributed by atoms with Crippen LogP contribution < -0.4 is 10.6 Å². The highest BCUT2D eigenvalue weighted by Gasteiger charge is 2.35. The smallest absolute Gasteiger partial charge is 0.232 e. The van der Waals surface area contributed by atoms with Crippen molar-refractivity contribution in [2.75, 3.05) is 17.2 Å². The topological polar surface area (TPSA) is 41.1 Å². The zero-order chi connectivity index (χ0) is 12.6. The van der Waals surface area contributed by atoms with E-state index in [0.29, 0.717) is 13.0 Å². The van der Waals surface area contributed by atoms with Gasteiger partial charge < -0.3 is 10.6 Å². The Morgan fingerprint density at radius 2 is 2.12 bits per heavy atom. The van der Waals surface area contributed by atoms with Gasteiger partial charge in [-0.3, -0.25) is 4.79 Å². The Balaban J connectivity index is 2.45. The van der Waals surface area contributed by atoms with Crippen LogP contribution in [0.1, 0.15) is 20.3 Å². The summed E-state index contributed by atoms with van der Waals surface area (Å²) in [5, 5.41) is 5.43. The van der Waals surface area contributed by atoms with Gasteiger partial charge in [0.1, 0.15) is 11.5 Å². The average Bonchev–Trinajstić information content (AvgIpc) is 2.40. The first-order valence-corrected chi connectivity index (χ1v) is 5.50. The summed E-state index contributed by atoms with van der Waals surface area (Å²) in [7, 11) is 0. The fourth-order valence-electron chi connectivity index (χ4n) is 1.76. The summed E-state index contributed by atoms with van der Waals surface area (Å²) in [6.45, 7) is 4.02. The summed E-state index contributed by atoms with van der Waals surface area (Å²) in [5.74, 6) is -1.68. The molecule has 1 aliphatic rings. The van der Waals surface area contributed by atoms with Gasteiger partial charge >= 0.3 is 0 Å². The van der Waals surface area contributed by atoms with Gasteiger partial charge in [0.15, 0.2) is 5.82 Å². The van der Waals surface area contributed by atoms with Crippen LogP contribution in [0.4, 0.5) is 20.2 Å². The van der Waals surface area contributed by atoms with Crippen LogP contribution in [-0.2, 0) is 4.79 Å². The maximum atomic E-state index is 13.5. The Bertz CT molecular complexity index is 476. The van der Waals surface area contributed by atoms with E-state index in [1.54, 1.807) is 6.92 Å². The predicted octanol–water partition coefficient (Wildman–Crippen LogP) is 2.75. The molecule has 1 heterocycles. The van der Waals surface area contributed by atoms with Gasteiger partial charge in [0, 0.05) is 12.6 Å². The number of fused-ring (bicyclic) bond motifs is 1. The largest absolute Gasteiger partial charge is 0.382 e. The van der Waals surface area contributed by atoms with Crippen LogP contribution in [0, 0.1) is 17.0 Å². The zero-order valence-electron chi connectivity index (χ0n) is 9.73. The Morgan fingerprint density at radius 1 is 1.41 bits per heavy atom. The first-order valence-electron chi connectivity index (χ1n) is 5.50. The molecule has 5 heteroatoms. The van der Waals surface area contributed by atoms with Crippen LogP contribution in [0.15, 0.2) is 12.1 Å². The molecule has 3 nitrogen and oxygen atoms in total. The van der Waals surface area contributed by atoms with Gasteiger partial charge in [0.25, 0.3) is 0 Å². The van der Waals surface area contributed by atoms with Gasteiger partial charge in [-0.05, 0) is 19.4 Å². The van der Waals surface area contributed by atoms with Crippen molar-refractivity contribution < 1.29 is 13.6 Å². The van der Waals surface area contributed by atoms with E-state index in [-0.39, 0.29) is 17.3 Å². The van der Waals surface area contributed by atoms with Crippen LogP contribution in [-0.4, -0.2) is 12.5 Å². The highest BCUT2D eigenvalue weighted by molar-refractivity contribution is 5.99. The second-order valence-electron chi connectivity index (χ2n) is 4.53. The molecule has 0 radical (unpaired) electrons. The summed E-state index contributed by atoms with van der Waals surface area (Å²) in [5.41, 5.74) is -0.316. The maximum Gasteiger partial charge on any atom is 0.232 e. The highest BCUT2D eigenvalue weighted by Crippen LogP contribution is 2.34. The van der Waals surface area contributed by atoms with Gasteiger partial charge in [0.2, 0.25) is 5.91 Å². The Morgan fingerprint density at radius 3 is 2.76 bits per heavy atom. The SMILES string of the molecule is CCC1(C)CNc2cc(F)cc(F)c2NC1=O. The second-order valence-corrected chi connectivity index (χ2v) is 4.53. The maximum absolute atomic E-state index is 13.5. The molecule has 2 N–H and O–H groups in total. The van der Waals surface area contributed by atoms with E-state index in [1.165, 1.54) is 6.07 Å². The third-order valence-electron chi connectivity index (χ3n) is 3.29. The number of rotatable bonds is 1. The molecule has 1 atom stereocenters. The molecule has 1 unspecified atom stereocenters. The van der Waals surface area contributed by atoms with E-state index in [9.17, 15) is 13.6 Å². The number of amides is 1. The molecule has 0 saturated heterocycles. The Kier molecular flexibility index (Phi) is 2.77. The first kappa shape index (κ1) is 11.8. The number of benzene rings is 1. The molecule has 0 bridgehead atoms. The third kappa shape index (κ3) is 1.97. The lowest BCUT2D eigenvalue weighted by molar-refractivity contribution is -0.124. The van der Waals surface area contributed by atoms with Crippen molar-refractivity contribution in [1.29, 1.82) is 0 Å². The van der Waals surface area contributed by atoms with Crippen molar-refractivity contribution in [2.24, 2.45) is 5.41 Å². The lowest BCUT2D eigenvalue weighted by Gasteiger charge is -2.23. The Labute approximate surface area is 98.2 Å².